The fourth-order valence-electron chi connectivity index (χ4n) is 3.18. The van der Waals surface area contributed by atoms with Gasteiger partial charge in [-0.25, -0.2) is 14.8 Å². The zero-order valence-corrected chi connectivity index (χ0v) is 16.0. The Morgan fingerprint density at radius 2 is 1.93 bits per heavy atom. The van der Waals surface area contributed by atoms with Crippen LogP contribution in [0.4, 0.5) is 5.82 Å². The second kappa shape index (κ2) is 6.53. The van der Waals surface area contributed by atoms with Gasteiger partial charge in [-0.3, -0.25) is 4.79 Å². The monoisotopic (exact) mass is 370 g/mol. The van der Waals surface area contributed by atoms with Crippen molar-refractivity contribution < 1.29 is 19.1 Å². The predicted octanol–water partition coefficient (Wildman–Crippen LogP) is 2.60. The average molecular weight is 370 g/mol. The number of ether oxygens (including phenoxy) is 2. The van der Waals surface area contributed by atoms with E-state index in [1.807, 2.05) is 27.7 Å². The number of esters is 2. The highest BCUT2D eigenvalue weighted by molar-refractivity contribution is 6.14. The molecule has 3 aromatic rings. The summed E-state index contributed by atoms with van der Waals surface area (Å²) in [4.78, 5) is 32.8. The Morgan fingerprint density at radius 1 is 1.22 bits per heavy atom. The van der Waals surface area contributed by atoms with E-state index in [-0.39, 0.29) is 12.4 Å². The quantitative estimate of drug-likeness (QED) is 0.706. The first-order chi connectivity index (χ1) is 12.6. The van der Waals surface area contributed by atoms with Gasteiger partial charge in [-0.1, -0.05) is 0 Å². The van der Waals surface area contributed by atoms with Crippen molar-refractivity contribution in [3.63, 3.8) is 0 Å². The van der Waals surface area contributed by atoms with Crippen LogP contribution in [0.2, 0.25) is 0 Å². The number of hydrogen-bond donors (Lipinski definition) is 1. The van der Waals surface area contributed by atoms with Crippen molar-refractivity contribution in [3.8, 4) is 0 Å². The SMILES string of the molecule is COC(=O)c1cc(C)c2c(c1)c1c(N)ncnc1n2CC(=O)OC(C)(C)C. The van der Waals surface area contributed by atoms with E-state index in [0.717, 1.165) is 11.1 Å². The molecule has 0 saturated carbocycles. The van der Waals surface area contributed by atoms with E-state index in [9.17, 15) is 9.59 Å². The molecule has 0 atom stereocenters. The van der Waals surface area contributed by atoms with E-state index in [1.54, 1.807) is 16.7 Å². The second-order valence-corrected chi connectivity index (χ2v) is 7.31. The minimum absolute atomic E-state index is 0.0356. The predicted molar refractivity (Wildman–Crippen MR) is 101 cm³/mol. The maximum absolute atomic E-state index is 12.4. The van der Waals surface area contributed by atoms with Crippen molar-refractivity contribution in [2.45, 2.75) is 39.8 Å². The standard InChI is InChI=1S/C19H22N4O4/c1-10-6-11(18(25)26-5)7-12-14-16(20)21-9-22-17(14)23(15(10)12)8-13(24)27-19(2,3)4/h6-7,9H,8H2,1-5H3,(H2,20,21,22). The molecule has 2 heterocycles. The molecule has 3 rings (SSSR count). The van der Waals surface area contributed by atoms with Gasteiger partial charge in [0.2, 0.25) is 0 Å². The normalized spacial score (nSPS) is 11.7. The highest BCUT2D eigenvalue weighted by Gasteiger charge is 2.23. The van der Waals surface area contributed by atoms with Crippen LogP contribution in [-0.2, 0) is 20.8 Å². The van der Waals surface area contributed by atoms with Crippen LogP contribution in [0.5, 0.6) is 0 Å². The van der Waals surface area contributed by atoms with Gasteiger partial charge in [0.1, 0.15) is 29.9 Å². The molecule has 0 aliphatic heterocycles. The summed E-state index contributed by atoms with van der Waals surface area (Å²) >= 11 is 0. The lowest BCUT2D eigenvalue weighted by Gasteiger charge is -2.20. The van der Waals surface area contributed by atoms with Crippen LogP contribution in [-0.4, -0.2) is 39.2 Å². The van der Waals surface area contributed by atoms with Crippen molar-refractivity contribution in [1.82, 2.24) is 14.5 Å². The Kier molecular flexibility index (Phi) is 4.51. The fourth-order valence-corrected chi connectivity index (χ4v) is 3.18. The van der Waals surface area contributed by atoms with E-state index >= 15 is 0 Å². The summed E-state index contributed by atoms with van der Waals surface area (Å²) in [6, 6.07) is 3.39. The van der Waals surface area contributed by atoms with Gasteiger partial charge < -0.3 is 19.8 Å². The molecule has 0 amide bonds. The Hall–Kier alpha value is -3.16. The number of nitrogen functional groups attached to an aromatic ring is 1. The maximum Gasteiger partial charge on any atom is 0.337 e. The third-order valence-electron chi connectivity index (χ3n) is 4.08. The first-order valence-electron chi connectivity index (χ1n) is 8.45. The summed E-state index contributed by atoms with van der Waals surface area (Å²) in [5, 5.41) is 1.27. The Labute approximate surface area is 156 Å². The van der Waals surface area contributed by atoms with Crippen molar-refractivity contribution in [2.24, 2.45) is 0 Å². The first-order valence-corrected chi connectivity index (χ1v) is 8.45. The molecule has 0 unspecified atom stereocenters. The maximum atomic E-state index is 12.4. The number of aromatic nitrogens is 3. The molecule has 27 heavy (non-hydrogen) atoms. The van der Waals surface area contributed by atoms with Crippen LogP contribution in [0.3, 0.4) is 0 Å². The third-order valence-corrected chi connectivity index (χ3v) is 4.08. The molecule has 2 aromatic heterocycles. The number of nitrogens with two attached hydrogens (primary N) is 1. The van der Waals surface area contributed by atoms with Gasteiger partial charge in [0, 0.05) is 5.39 Å². The summed E-state index contributed by atoms with van der Waals surface area (Å²) in [6.45, 7) is 7.25. The smallest absolute Gasteiger partial charge is 0.337 e. The van der Waals surface area contributed by atoms with Gasteiger partial charge in [0.25, 0.3) is 0 Å². The summed E-state index contributed by atoms with van der Waals surface area (Å²) < 4.78 is 12.0. The molecular weight excluding hydrogens is 348 g/mol. The van der Waals surface area contributed by atoms with Crippen molar-refractivity contribution in [2.75, 3.05) is 12.8 Å². The van der Waals surface area contributed by atoms with E-state index < -0.39 is 17.5 Å². The van der Waals surface area contributed by atoms with Gasteiger partial charge >= 0.3 is 11.9 Å². The molecular formula is C19H22N4O4. The van der Waals surface area contributed by atoms with Crippen LogP contribution in [0.25, 0.3) is 21.9 Å². The number of carbonyl (C=O) groups excluding carboxylic acids is 2. The molecule has 0 spiro atoms. The average Bonchev–Trinajstić information content (AvgIpc) is 2.88. The number of fused-ring (bicyclic) bond motifs is 3. The summed E-state index contributed by atoms with van der Waals surface area (Å²) in [7, 11) is 1.32. The van der Waals surface area contributed by atoms with Crippen molar-refractivity contribution >= 4 is 39.7 Å². The van der Waals surface area contributed by atoms with Crippen LogP contribution in [0.15, 0.2) is 18.5 Å². The Balaban J connectivity index is 2.27. The third kappa shape index (κ3) is 3.42. The van der Waals surface area contributed by atoms with Crippen LogP contribution >= 0.6 is 0 Å². The summed E-state index contributed by atoms with van der Waals surface area (Å²) in [5.74, 6) is -0.576. The molecule has 0 fully saturated rings. The molecule has 0 aliphatic rings. The number of benzene rings is 1. The van der Waals surface area contributed by atoms with Crippen LogP contribution < -0.4 is 5.73 Å². The van der Waals surface area contributed by atoms with E-state index in [2.05, 4.69) is 9.97 Å². The molecule has 0 bridgehead atoms. The van der Waals surface area contributed by atoms with Gasteiger partial charge in [0.05, 0.1) is 23.6 Å². The molecule has 0 saturated heterocycles. The van der Waals surface area contributed by atoms with Gasteiger partial charge in [0.15, 0.2) is 0 Å². The Morgan fingerprint density at radius 3 is 2.56 bits per heavy atom. The summed E-state index contributed by atoms with van der Waals surface area (Å²) in [5.41, 5.74) is 7.91. The number of methoxy groups -OCH3 is 1. The number of carbonyl (C=O) groups is 2. The molecule has 2 N–H and O–H groups in total. The lowest BCUT2D eigenvalue weighted by Crippen LogP contribution is -2.26. The van der Waals surface area contributed by atoms with Gasteiger partial charge in [-0.2, -0.15) is 0 Å². The number of rotatable bonds is 3. The molecule has 8 heteroatoms. The Bertz CT molecular complexity index is 1060. The zero-order chi connectivity index (χ0) is 19.9. The minimum atomic E-state index is -0.600. The van der Waals surface area contributed by atoms with E-state index in [0.29, 0.717) is 22.0 Å². The molecule has 142 valence electrons. The largest absolute Gasteiger partial charge is 0.465 e. The molecule has 1 aromatic carbocycles. The van der Waals surface area contributed by atoms with Crippen molar-refractivity contribution in [3.05, 3.63) is 29.6 Å². The van der Waals surface area contributed by atoms with Gasteiger partial charge in [-0.15, -0.1) is 0 Å². The van der Waals surface area contributed by atoms with E-state index in [1.165, 1.54) is 13.4 Å². The highest BCUT2D eigenvalue weighted by Crippen LogP contribution is 2.34. The van der Waals surface area contributed by atoms with Crippen molar-refractivity contribution in [1.29, 1.82) is 0 Å². The lowest BCUT2D eigenvalue weighted by molar-refractivity contribution is -0.155. The molecule has 0 radical (unpaired) electrons. The lowest BCUT2D eigenvalue weighted by atomic mass is 10.1. The minimum Gasteiger partial charge on any atom is -0.465 e. The number of aryl methyl sites for hydroxylation is 1. The summed E-state index contributed by atoms with van der Waals surface area (Å²) in [6.07, 6.45) is 1.35. The fraction of sp³-hybridized carbons (Fsp3) is 0.368. The second-order valence-electron chi connectivity index (χ2n) is 7.31. The van der Waals surface area contributed by atoms with Crippen LogP contribution in [0.1, 0.15) is 36.7 Å². The molecule has 8 nitrogen and oxygen atoms in total. The number of anilines is 1. The number of nitrogens with zero attached hydrogens (tertiary/aromatic N) is 3. The van der Waals surface area contributed by atoms with Crippen LogP contribution in [0, 0.1) is 6.92 Å². The topological polar surface area (TPSA) is 109 Å². The zero-order valence-electron chi connectivity index (χ0n) is 16.0. The van der Waals surface area contributed by atoms with E-state index in [4.69, 9.17) is 15.2 Å². The first kappa shape index (κ1) is 18.6. The highest BCUT2D eigenvalue weighted by atomic mass is 16.6. The number of hydrogen-bond acceptors (Lipinski definition) is 7. The van der Waals surface area contributed by atoms with Gasteiger partial charge in [-0.05, 0) is 45.4 Å². The molecule has 0 aliphatic carbocycles.